The first-order valence-electron chi connectivity index (χ1n) is 11.3. The van der Waals surface area contributed by atoms with Gasteiger partial charge < -0.3 is 19.7 Å². The van der Waals surface area contributed by atoms with Gasteiger partial charge in [-0.3, -0.25) is 9.78 Å². The lowest BCUT2D eigenvalue weighted by Gasteiger charge is -2.14. The van der Waals surface area contributed by atoms with Crippen molar-refractivity contribution in [1.29, 1.82) is 0 Å². The molecule has 0 atom stereocenters. The monoisotopic (exact) mass is 439 g/mol. The van der Waals surface area contributed by atoms with Gasteiger partial charge in [-0.05, 0) is 82.6 Å². The lowest BCUT2D eigenvalue weighted by molar-refractivity contribution is 0.0522. The molecule has 2 aromatic rings. The van der Waals surface area contributed by atoms with E-state index >= 15 is 0 Å². The van der Waals surface area contributed by atoms with Crippen LogP contribution in [-0.4, -0.2) is 55.6 Å². The molecule has 0 bridgehead atoms. The molecule has 172 valence electrons. The Morgan fingerprint density at radius 1 is 1.09 bits per heavy atom. The summed E-state index contributed by atoms with van der Waals surface area (Å²) in [5, 5.41) is 2.89. The van der Waals surface area contributed by atoms with Crippen LogP contribution in [0.5, 0.6) is 5.75 Å². The Morgan fingerprint density at radius 3 is 2.56 bits per heavy atom. The predicted octanol–water partition coefficient (Wildman–Crippen LogP) is 3.40. The largest absolute Gasteiger partial charge is 0.487 e. The van der Waals surface area contributed by atoms with Crippen LogP contribution in [0, 0.1) is 0 Å². The van der Waals surface area contributed by atoms with E-state index in [1.54, 1.807) is 31.2 Å². The van der Waals surface area contributed by atoms with Crippen LogP contribution in [0.1, 0.15) is 63.9 Å². The first-order chi connectivity index (χ1) is 15.5. The highest BCUT2D eigenvalue weighted by molar-refractivity contribution is 5.94. The van der Waals surface area contributed by atoms with Gasteiger partial charge in [0.05, 0.1) is 17.9 Å². The predicted molar refractivity (Wildman–Crippen MR) is 123 cm³/mol. The third kappa shape index (κ3) is 6.53. The zero-order valence-electron chi connectivity index (χ0n) is 19.3. The van der Waals surface area contributed by atoms with E-state index in [0.717, 1.165) is 43.5 Å². The SMILES string of the molecule is CCOC(=O)c1cc2c(nc1COc1ccc(C(=O)NCCN(C)C)cc1)CCCCC2. The van der Waals surface area contributed by atoms with Crippen molar-refractivity contribution in [3.8, 4) is 5.75 Å². The quantitative estimate of drug-likeness (QED) is 0.476. The molecule has 0 aliphatic heterocycles. The van der Waals surface area contributed by atoms with Gasteiger partial charge in [0.15, 0.2) is 0 Å². The number of nitrogens with one attached hydrogen (secondary N) is 1. The van der Waals surface area contributed by atoms with Gasteiger partial charge in [-0.2, -0.15) is 0 Å². The van der Waals surface area contributed by atoms with E-state index in [1.165, 1.54) is 6.42 Å². The molecule has 0 saturated carbocycles. The van der Waals surface area contributed by atoms with Crippen LogP contribution in [0.3, 0.4) is 0 Å². The average molecular weight is 440 g/mol. The molecule has 3 rings (SSSR count). The van der Waals surface area contributed by atoms with Crippen molar-refractivity contribution in [3.63, 3.8) is 0 Å². The summed E-state index contributed by atoms with van der Waals surface area (Å²) in [5.41, 5.74) is 3.84. The minimum atomic E-state index is -0.365. The smallest absolute Gasteiger partial charge is 0.340 e. The van der Waals surface area contributed by atoms with Gasteiger partial charge in [-0.15, -0.1) is 0 Å². The number of esters is 1. The normalized spacial score (nSPS) is 13.2. The molecule has 1 aliphatic rings. The van der Waals surface area contributed by atoms with Gasteiger partial charge in [0, 0.05) is 24.3 Å². The number of nitrogens with zero attached hydrogens (tertiary/aromatic N) is 2. The fourth-order valence-corrected chi connectivity index (χ4v) is 3.70. The van der Waals surface area contributed by atoms with Gasteiger partial charge in [0.1, 0.15) is 12.4 Å². The Morgan fingerprint density at radius 2 is 1.84 bits per heavy atom. The molecule has 0 unspecified atom stereocenters. The summed E-state index contributed by atoms with van der Waals surface area (Å²) < 4.78 is 11.2. The Hall–Kier alpha value is -2.93. The summed E-state index contributed by atoms with van der Waals surface area (Å²) in [6.07, 6.45) is 5.25. The third-order valence-corrected chi connectivity index (χ3v) is 5.46. The maximum atomic E-state index is 12.5. The van der Waals surface area contributed by atoms with Crippen molar-refractivity contribution in [3.05, 3.63) is 58.4 Å². The van der Waals surface area contributed by atoms with Crippen molar-refractivity contribution in [2.24, 2.45) is 0 Å². The zero-order chi connectivity index (χ0) is 22.9. The maximum absolute atomic E-state index is 12.5. The van der Waals surface area contributed by atoms with Crippen LogP contribution < -0.4 is 10.1 Å². The van der Waals surface area contributed by atoms with E-state index in [1.807, 2.05) is 25.1 Å². The summed E-state index contributed by atoms with van der Waals surface area (Å²) in [6, 6.07) is 8.92. The molecule has 1 aromatic carbocycles. The van der Waals surface area contributed by atoms with Gasteiger partial charge in [0.25, 0.3) is 5.91 Å². The fourth-order valence-electron chi connectivity index (χ4n) is 3.70. The Kier molecular flexibility index (Phi) is 8.62. The topological polar surface area (TPSA) is 80.8 Å². The molecule has 7 nitrogen and oxygen atoms in total. The summed E-state index contributed by atoms with van der Waals surface area (Å²) >= 11 is 0. The van der Waals surface area contributed by atoms with Gasteiger partial charge in [-0.25, -0.2) is 4.79 Å². The number of aromatic nitrogens is 1. The van der Waals surface area contributed by atoms with E-state index in [-0.39, 0.29) is 18.5 Å². The molecule has 32 heavy (non-hydrogen) atoms. The molecule has 7 heteroatoms. The second-order valence-corrected chi connectivity index (χ2v) is 8.24. The van der Waals surface area contributed by atoms with Gasteiger partial charge >= 0.3 is 5.97 Å². The van der Waals surface area contributed by atoms with E-state index in [9.17, 15) is 9.59 Å². The number of pyridine rings is 1. The average Bonchev–Trinajstić information content (AvgIpc) is 3.02. The molecule has 1 N–H and O–H groups in total. The molecule has 0 spiro atoms. The van der Waals surface area contributed by atoms with Crippen LogP contribution >= 0.6 is 0 Å². The van der Waals surface area contributed by atoms with Gasteiger partial charge in [-0.1, -0.05) is 6.42 Å². The van der Waals surface area contributed by atoms with Crippen LogP contribution in [0.25, 0.3) is 0 Å². The second-order valence-electron chi connectivity index (χ2n) is 8.24. The van der Waals surface area contributed by atoms with Crippen LogP contribution in [0.15, 0.2) is 30.3 Å². The first-order valence-corrected chi connectivity index (χ1v) is 11.3. The molecule has 1 aliphatic carbocycles. The number of aryl methyl sites for hydroxylation is 2. The Balaban J connectivity index is 1.69. The van der Waals surface area contributed by atoms with Crippen LogP contribution in [0.4, 0.5) is 0 Å². The highest BCUT2D eigenvalue weighted by atomic mass is 16.5. The third-order valence-electron chi connectivity index (χ3n) is 5.46. The summed E-state index contributed by atoms with van der Waals surface area (Å²) in [5.74, 6) is 0.132. The molecule has 1 amide bonds. The van der Waals surface area contributed by atoms with E-state index in [2.05, 4.69) is 5.32 Å². The molecular weight excluding hydrogens is 406 g/mol. The first kappa shape index (κ1) is 23.7. The minimum Gasteiger partial charge on any atom is -0.487 e. The van der Waals surface area contributed by atoms with E-state index in [4.69, 9.17) is 14.5 Å². The van der Waals surface area contributed by atoms with E-state index in [0.29, 0.717) is 35.7 Å². The number of carbonyl (C=O) groups excluding carboxylic acids is 2. The molecule has 1 aromatic heterocycles. The molecule has 0 radical (unpaired) electrons. The van der Waals surface area contributed by atoms with Crippen molar-refractivity contribution in [2.45, 2.75) is 45.6 Å². The molecule has 0 saturated heterocycles. The number of ether oxygens (including phenoxy) is 2. The highest BCUT2D eigenvalue weighted by Gasteiger charge is 2.20. The minimum absolute atomic E-state index is 0.115. The number of rotatable bonds is 9. The number of hydrogen-bond donors (Lipinski definition) is 1. The van der Waals surface area contributed by atoms with Crippen molar-refractivity contribution in [1.82, 2.24) is 15.2 Å². The van der Waals surface area contributed by atoms with E-state index < -0.39 is 0 Å². The lowest BCUT2D eigenvalue weighted by Crippen LogP contribution is -2.31. The second kappa shape index (κ2) is 11.6. The van der Waals surface area contributed by atoms with Crippen LogP contribution in [0.2, 0.25) is 0 Å². The number of hydrogen-bond acceptors (Lipinski definition) is 6. The number of likely N-dealkylation sites (N-methyl/N-ethyl adjacent to an activating group) is 1. The number of carbonyl (C=O) groups is 2. The van der Waals surface area contributed by atoms with Crippen molar-refractivity contribution >= 4 is 11.9 Å². The van der Waals surface area contributed by atoms with Crippen molar-refractivity contribution in [2.75, 3.05) is 33.8 Å². The Bertz CT molecular complexity index is 926. The van der Waals surface area contributed by atoms with Gasteiger partial charge in [0.2, 0.25) is 0 Å². The molecule has 0 fully saturated rings. The molecule has 1 heterocycles. The van der Waals surface area contributed by atoms with Crippen molar-refractivity contribution < 1.29 is 19.1 Å². The Labute approximate surface area is 190 Å². The highest BCUT2D eigenvalue weighted by Crippen LogP contribution is 2.24. The van der Waals surface area contributed by atoms with Crippen LogP contribution in [-0.2, 0) is 24.2 Å². The fraction of sp³-hybridized carbons (Fsp3) is 0.480. The summed E-state index contributed by atoms with van der Waals surface area (Å²) in [6.45, 7) is 3.64. The lowest BCUT2D eigenvalue weighted by atomic mass is 10.0. The summed E-state index contributed by atoms with van der Waals surface area (Å²) in [7, 11) is 3.93. The summed E-state index contributed by atoms with van der Waals surface area (Å²) in [4.78, 5) is 31.6. The zero-order valence-corrected chi connectivity index (χ0v) is 19.3. The standard InChI is InChI=1S/C25H33N3O4/c1-4-31-25(30)21-16-19-8-6-5-7-9-22(19)27-23(21)17-32-20-12-10-18(11-13-20)24(29)26-14-15-28(2)3/h10-13,16H,4-9,14-15,17H2,1-3H3,(H,26,29). The number of amides is 1. The molecular formula is C25H33N3O4. The number of fused-ring (bicyclic) bond motifs is 1. The maximum Gasteiger partial charge on any atom is 0.340 e. The number of benzene rings is 1.